The zero-order valence-corrected chi connectivity index (χ0v) is 17.6. The fourth-order valence-electron chi connectivity index (χ4n) is 2.08. The maximum absolute atomic E-state index is 6.31. The minimum absolute atomic E-state index is 0.553. The van der Waals surface area contributed by atoms with Crippen LogP contribution in [0.3, 0.4) is 0 Å². The predicted molar refractivity (Wildman–Crippen MR) is 110 cm³/mol. The molecule has 0 bridgehead atoms. The van der Waals surface area contributed by atoms with Crippen LogP contribution in [0.1, 0.15) is 12.8 Å². The van der Waals surface area contributed by atoms with Gasteiger partial charge in [0.1, 0.15) is 11.5 Å². The van der Waals surface area contributed by atoms with Gasteiger partial charge in [-0.2, -0.15) is 0 Å². The second-order valence-corrected chi connectivity index (χ2v) is 7.71. The quantitative estimate of drug-likeness (QED) is 0.295. The molecule has 142 valence electrons. The summed E-state index contributed by atoms with van der Waals surface area (Å²) in [6.45, 7) is 1.79. The Morgan fingerprint density at radius 2 is 1.35 bits per heavy atom. The lowest BCUT2D eigenvalue weighted by Gasteiger charge is -2.11. The van der Waals surface area contributed by atoms with Gasteiger partial charge in [-0.15, -0.1) is 11.6 Å². The van der Waals surface area contributed by atoms with E-state index in [4.69, 9.17) is 49.0 Å². The minimum Gasteiger partial charge on any atom is -0.492 e. The van der Waals surface area contributed by atoms with E-state index in [1.54, 1.807) is 18.9 Å². The van der Waals surface area contributed by atoms with Crippen molar-refractivity contribution in [3.05, 3.63) is 46.4 Å². The van der Waals surface area contributed by atoms with Crippen LogP contribution in [0, 0.1) is 0 Å². The van der Waals surface area contributed by atoms with Crippen LogP contribution in [-0.2, 0) is 4.74 Å². The molecule has 0 saturated heterocycles. The molecule has 0 unspecified atom stereocenters. The molecule has 2 rings (SSSR count). The highest BCUT2D eigenvalue weighted by Gasteiger charge is 2.07. The van der Waals surface area contributed by atoms with Crippen LogP contribution in [0.4, 0.5) is 0 Å². The van der Waals surface area contributed by atoms with Crippen molar-refractivity contribution in [1.29, 1.82) is 0 Å². The number of alkyl halides is 1. The van der Waals surface area contributed by atoms with E-state index in [1.165, 1.54) is 0 Å². The van der Waals surface area contributed by atoms with E-state index < -0.39 is 0 Å². The Labute approximate surface area is 173 Å². The summed E-state index contributed by atoms with van der Waals surface area (Å²) in [7, 11) is 1.67. The van der Waals surface area contributed by atoms with E-state index >= 15 is 0 Å². The summed E-state index contributed by atoms with van der Waals surface area (Å²) in [5, 5.41) is 1.16. The van der Waals surface area contributed by atoms with E-state index in [-0.39, 0.29) is 0 Å². The lowest BCUT2D eigenvalue weighted by atomic mass is 10.3. The zero-order valence-electron chi connectivity index (χ0n) is 14.5. The molecule has 0 fully saturated rings. The van der Waals surface area contributed by atoms with Crippen molar-refractivity contribution < 1.29 is 14.2 Å². The lowest BCUT2D eigenvalue weighted by Crippen LogP contribution is -2.01. The maximum atomic E-state index is 6.31. The van der Waals surface area contributed by atoms with E-state index in [1.807, 2.05) is 36.4 Å². The first-order valence-corrected chi connectivity index (χ1v) is 10.3. The first kappa shape index (κ1) is 21.5. The van der Waals surface area contributed by atoms with Crippen LogP contribution < -0.4 is 9.47 Å². The third-order valence-electron chi connectivity index (χ3n) is 3.33. The maximum Gasteiger partial charge on any atom is 0.137 e. The molecule has 0 N–H and O–H groups in total. The van der Waals surface area contributed by atoms with Crippen LogP contribution in [0.2, 0.25) is 10.0 Å². The van der Waals surface area contributed by atoms with E-state index in [0.29, 0.717) is 47.2 Å². The molecule has 0 aliphatic carbocycles. The summed E-state index contributed by atoms with van der Waals surface area (Å²) in [6, 6.07) is 11.5. The molecule has 2 aromatic rings. The smallest absolute Gasteiger partial charge is 0.137 e. The minimum atomic E-state index is 0.553. The molecule has 0 amide bonds. The number of hydrogen-bond donors (Lipinski definition) is 0. The fraction of sp³-hybridized carbons (Fsp3) is 0.368. The van der Waals surface area contributed by atoms with Gasteiger partial charge in [-0.1, -0.05) is 35.0 Å². The predicted octanol–water partition coefficient (Wildman–Crippen LogP) is 6.57. The van der Waals surface area contributed by atoms with Gasteiger partial charge < -0.3 is 14.2 Å². The van der Waals surface area contributed by atoms with Gasteiger partial charge in [0.25, 0.3) is 0 Å². The Balaban J connectivity index is 1.95. The number of halogens is 3. The van der Waals surface area contributed by atoms with Crippen molar-refractivity contribution in [2.45, 2.75) is 22.6 Å². The van der Waals surface area contributed by atoms with Crippen LogP contribution in [0.15, 0.2) is 46.2 Å². The third kappa shape index (κ3) is 7.09. The molecule has 7 heteroatoms. The third-order valence-corrected chi connectivity index (χ3v) is 5.17. The van der Waals surface area contributed by atoms with E-state index in [9.17, 15) is 0 Å². The summed E-state index contributed by atoms with van der Waals surface area (Å²) in [5.74, 6) is 1.91. The Hall–Kier alpha value is -0.780. The summed E-state index contributed by atoms with van der Waals surface area (Å²) in [5.41, 5.74) is 0. The van der Waals surface area contributed by atoms with Crippen molar-refractivity contribution in [3.8, 4) is 11.5 Å². The fourth-order valence-corrected chi connectivity index (χ4v) is 3.69. The molecule has 0 spiro atoms. The molecule has 0 saturated carbocycles. The summed E-state index contributed by atoms with van der Waals surface area (Å²) in [6.07, 6.45) is 1.61. The van der Waals surface area contributed by atoms with Crippen molar-refractivity contribution in [2.75, 3.05) is 32.8 Å². The molecular weight excluding hydrogens is 415 g/mol. The lowest BCUT2D eigenvalue weighted by molar-refractivity contribution is 0.172. The average molecular weight is 436 g/mol. The molecule has 3 nitrogen and oxygen atoms in total. The SMILES string of the molecule is COCCCOc1ccc(Sc2ccc(OCCCCl)c(Cl)c2)cc1Cl. The number of methoxy groups -OCH3 is 1. The molecule has 0 aliphatic rings. The molecule has 0 aliphatic heterocycles. The highest BCUT2D eigenvalue weighted by Crippen LogP contribution is 2.36. The number of hydrogen-bond acceptors (Lipinski definition) is 4. The first-order valence-electron chi connectivity index (χ1n) is 8.21. The van der Waals surface area contributed by atoms with Crippen molar-refractivity contribution >= 4 is 46.6 Å². The van der Waals surface area contributed by atoms with Gasteiger partial charge in [-0.05, 0) is 42.8 Å². The van der Waals surface area contributed by atoms with Crippen LogP contribution >= 0.6 is 46.6 Å². The Kier molecular flexibility index (Phi) is 9.79. The van der Waals surface area contributed by atoms with Crippen LogP contribution in [0.25, 0.3) is 0 Å². The second kappa shape index (κ2) is 11.8. The average Bonchev–Trinajstić information content (AvgIpc) is 2.62. The highest BCUT2D eigenvalue weighted by atomic mass is 35.5. The second-order valence-electron chi connectivity index (χ2n) is 5.37. The standard InChI is InChI=1S/C19H21Cl3O3S/c1-23-9-3-11-25-19-7-5-15(13-17(19)22)26-14-4-6-18(16(21)12-14)24-10-2-8-20/h4-7,12-13H,2-3,8-11H2,1H3. The van der Waals surface area contributed by atoms with Gasteiger partial charge in [0.2, 0.25) is 0 Å². The molecule has 2 aromatic carbocycles. The van der Waals surface area contributed by atoms with Crippen LogP contribution in [-0.4, -0.2) is 32.8 Å². The molecule has 26 heavy (non-hydrogen) atoms. The monoisotopic (exact) mass is 434 g/mol. The Morgan fingerprint density at radius 3 is 1.81 bits per heavy atom. The molecule has 0 radical (unpaired) electrons. The summed E-state index contributed by atoms with van der Waals surface area (Å²) in [4.78, 5) is 2.01. The zero-order chi connectivity index (χ0) is 18.8. The van der Waals surface area contributed by atoms with Gasteiger partial charge >= 0.3 is 0 Å². The number of benzene rings is 2. The highest BCUT2D eigenvalue weighted by molar-refractivity contribution is 7.99. The summed E-state index contributed by atoms with van der Waals surface area (Å²) >= 11 is 19.8. The normalized spacial score (nSPS) is 10.8. The van der Waals surface area contributed by atoms with Crippen LogP contribution in [0.5, 0.6) is 11.5 Å². The molecule has 0 aromatic heterocycles. The van der Waals surface area contributed by atoms with E-state index in [0.717, 1.165) is 22.6 Å². The van der Waals surface area contributed by atoms with Crippen molar-refractivity contribution in [1.82, 2.24) is 0 Å². The van der Waals surface area contributed by atoms with E-state index in [2.05, 4.69) is 0 Å². The number of ether oxygens (including phenoxy) is 3. The molecular formula is C19H21Cl3O3S. The first-order chi connectivity index (χ1) is 12.6. The van der Waals surface area contributed by atoms with Crippen molar-refractivity contribution in [3.63, 3.8) is 0 Å². The molecule has 0 heterocycles. The Bertz CT molecular complexity index is 698. The largest absolute Gasteiger partial charge is 0.492 e. The topological polar surface area (TPSA) is 27.7 Å². The molecule has 0 atom stereocenters. The van der Waals surface area contributed by atoms with Gasteiger partial charge in [0, 0.05) is 35.8 Å². The van der Waals surface area contributed by atoms with Crippen molar-refractivity contribution in [2.24, 2.45) is 0 Å². The Morgan fingerprint density at radius 1 is 0.808 bits per heavy atom. The van der Waals surface area contributed by atoms with Gasteiger partial charge in [0.15, 0.2) is 0 Å². The summed E-state index contributed by atoms with van der Waals surface area (Å²) < 4.78 is 16.3. The number of rotatable bonds is 11. The van der Waals surface area contributed by atoms with Gasteiger partial charge in [-0.25, -0.2) is 0 Å². The van der Waals surface area contributed by atoms with Gasteiger partial charge in [0.05, 0.1) is 23.3 Å². The van der Waals surface area contributed by atoms with Gasteiger partial charge in [-0.3, -0.25) is 0 Å².